The molecule has 1 fully saturated rings. The minimum atomic E-state index is -0.994. The average Bonchev–Trinajstić information content (AvgIpc) is 3.10. The zero-order valence-electron chi connectivity index (χ0n) is 16.9. The molecule has 7 nitrogen and oxygen atoms in total. The first-order valence-corrected chi connectivity index (χ1v) is 10.2. The second-order valence-corrected chi connectivity index (χ2v) is 8.56. The maximum Gasteiger partial charge on any atom is 0.311 e. The van der Waals surface area contributed by atoms with E-state index in [9.17, 15) is 24.8 Å². The first kappa shape index (κ1) is 20.1. The summed E-state index contributed by atoms with van der Waals surface area (Å²) < 4.78 is 0. The zero-order valence-corrected chi connectivity index (χ0v) is 16.9. The van der Waals surface area contributed by atoms with Gasteiger partial charge in [-0.05, 0) is 41.5 Å². The number of likely N-dealkylation sites (tertiary alicyclic amines) is 1. The van der Waals surface area contributed by atoms with Gasteiger partial charge in [0, 0.05) is 36.2 Å². The molecule has 0 spiro atoms. The van der Waals surface area contributed by atoms with E-state index in [0.717, 1.165) is 5.56 Å². The van der Waals surface area contributed by atoms with E-state index in [1.807, 2.05) is 36.9 Å². The molecule has 4 atom stereocenters. The van der Waals surface area contributed by atoms with Crippen LogP contribution in [0.3, 0.4) is 0 Å². The van der Waals surface area contributed by atoms with Crippen LogP contribution in [-0.2, 0) is 11.2 Å². The van der Waals surface area contributed by atoms with Crippen molar-refractivity contribution in [1.29, 1.82) is 0 Å². The molecule has 0 radical (unpaired) electrons. The van der Waals surface area contributed by atoms with Gasteiger partial charge < -0.3 is 10.0 Å². The third-order valence-electron chi connectivity index (χ3n) is 6.50. The van der Waals surface area contributed by atoms with Crippen molar-refractivity contribution in [3.63, 3.8) is 0 Å². The molecule has 2 aliphatic rings. The van der Waals surface area contributed by atoms with Gasteiger partial charge in [0.1, 0.15) is 0 Å². The van der Waals surface area contributed by atoms with Gasteiger partial charge in [-0.2, -0.15) is 0 Å². The molecule has 7 heteroatoms. The van der Waals surface area contributed by atoms with Crippen molar-refractivity contribution in [1.82, 2.24) is 4.90 Å². The number of carbonyl (C=O) groups is 2. The molecule has 1 heterocycles. The maximum atomic E-state index is 13.3. The van der Waals surface area contributed by atoms with Gasteiger partial charge in [0.15, 0.2) is 0 Å². The lowest BCUT2D eigenvalue weighted by Crippen LogP contribution is -2.44. The summed E-state index contributed by atoms with van der Waals surface area (Å²) in [4.78, 5) is 38.3. The normalized spacial score (nSPS) is 25.0. The lowest BCUT2D eigenvalue weighted by Gasteiger charge is -2.38. The molecule has 0 bridgehead atoms. The molecule has 30 heavy (non-hydrogen) atoms. The molecule has 0 aromatic heterocycles. The average molecular weight is 408 g/mol. The van der Waals surface area contributed by atoms with E-state index in [1.54, 1.807) is 18.2 Å². The van der Waals surface area contributed by atoms with Gasteiger partial charge in [0.2, 0.25) is 0 Å². The molecule has 1 N–H and O–H groups in total. The highest BCUT2D eigenvalue weighted by atomic mass is 16.6. The monoisotopic (exact) mass is 408 g/mol. The van der Waals surface area contributed by atoms with Crippen LogP contribution in [-0.4, -0.2) is 39.4 Å². The number of amides is 1. The van der Waals surface area contributed by atoms with Gasteiger partial charge in [0.25, 0.3) is 11.6 Å². The molecule has 0 saturated carbocycles. The minimum Gasteiger partial charge on any atom is -0.481 e. The maximum absolute atomic E-state index is 13.3. The van der Waals surface area contributed by atoms with Gasteiger partial charge in [-0.1, -0.05) is 38.1 Å². The Morgan fingerprint density at radius 1 is 1.17 bits per heavy atom. The number of hydrogen-bond donors (Lipinski definition) is 1. The van der Waals surface area contributed by atoms with Crippen molar-refractivity contribution in [2.24, 2.45) is 17.8 Å². The number of aliphatic carboxylic acids is 1. The lowest BCUT2D eigenvalue weighted by atomic mass is 9.66. The zero-order chi connectivity index (χ0) is 21.6. The number of hydrogen-bond acceptors (Lipinski definition) is 4. The predicted octanol–water partition coefficient (Wildman–Crippen LogP) is 3.73. The van der Waals surface area contributed by atoms with Crippen LogP contribution < -0.4 is 0 Å². The van der Waals surface area contributed by atoms with E-state index in [2.05, 4.69) is 0 Å². The largest absolute Gasteiger partial charge is 0.481 e. The molecule has 1 amide bonds. The van der Waals surface area contributed by atoms with Crippen LogP contribution in [0, 0.1) is 27.9 Å². The number of nitro groups is 1. The minimum absolute atomic E-state index is 0.000110. The fourth-order valence-corrected chi connectivity index (χ4v) is 5.38. The Balaban J connectivity index is 1.78. The number of carboxylic acid groups (broad SMARTS) is 1. The third-order valence-corrected chi connectivity index (χ3v) is 6.50. The van der Waals surface area contributed by atoms with Crippen molar-refractivity contribution in [3.8, 4) is 0 Å². The van der Waals surface area contributed by atoms with E-state index in [0.29, 0.717) is 24.1 Å². The van der Waals surface area contributed by atoms with E-state index < -0.39 is 16.8 Å². The summed E-state index contributed by atoms with van der Waals surface area (Å²) in [6, 6.07) is 13.3. The third kappa shape index (κ3) is 3.24. The summed E-state index contributed by atoms with van der Waals surface area (Å²) in [5, 5.41) is 21.4. The highest BCUT2D eigenvalue weighted by Gasteiger charge is 2.53. The van der Waals surface area contributed by atoms with E-state index >= 15 is 0 Å². The summed E-state index contributed by atoms with van der Waals surface area (Å²) >= 11 is 0. The molecule has 1 aliphatic carbocycles. The quantitative estimate of drug-likeness (QED) is 0.614. The number of fused-ring (bicyclic) bond motifs is 2. The summed E-state index contributed by atoms with van der Waals surface area (Å²) in [5.74, 6) is -2.20. The Morgan fingerprint density at radius 2 is 1.87 bits per heavy atom. The van der Waals surface area contributed by atoms with Crippen molar-refractivity contribution in [2.45, 2.75) is 32.2 Å². The highest BCUT2D eigenvalue weighted by molar-refractivity contribution is 5.95. The Kier molecular flexibility index (Phi) is 5.05. The Bertz CT molecular complexity index is 1000. The van der Waals surface area contributed by atoms with Gasteiger partial charge in [-0.3, -0.25) is 19.7 Å². The van der Waals surface area contributed by atoms with Crippen LogP contribution in [0.2, 0.25) is 0 Å². The van der Waals surface area contributed by atoms with Crippen LogP contribution in [0.5, 0.6) is 0 Å². The van der Waals surface area contributed by atoms with Crippen LogP contribution in [0.25, 0.3) is 0 Å². The van der Waals surface area contributed by atoms with Crippen LogP contribution in [0.4, 0.5) is 5.69 Å². The number of nitro benzene ring substituents is 1. The summed E-state index contributed by atoms with van der Waals surface area (Å²) in [6.07, 6.45) is 0.615. The van der Waals surface area contributed by atoms with Crippen molar-refractivity contribution < 1.29 is 19.6 Å². The molecule has 1 aliphatic heterocycles. The highest BCUT2D eigenvalue weighted by Crippen LogP contribution is 2.49. The van der Waals surface area contributed by atoms with Crippen LogP contribution >= 0.6 is 0 Å². The second kappa shape index (κ2) is 7.55. The number of benzene rings is 2. The molecule has 2 aromatic rings. The number of nitrogens with zero attached hydrogens (tertiary/aromatic N) is 2. The Morgan fingerprint density at radius 3 is 2.47 bits per heavy atom. The van der Waals surface area contributed by atoms with Crippen molar-refractivity contribution in [3.05, 3.63) is 75.3 Å². The van der Waals surface area contributed by atoms with Gasteiger partial charge in [-0.15, -0.1) is 0 Å². The summed E-state index contributed by atoms with van der Waals surface area (Å²) in [5.41, 5.74) is 1.82. The Labute approximate surface area is 174 Å². The summed E-state index contributed by atoms with van der Waals surface area (Å²) in [7, 11) is 0. The fourth-order valence-electron chi connectivity index (χ4n) is 5.38. The van der Waals surface area contributed by atoms with Gasteiger partial charge >= 0.3 is 5.97 Å². The van der Waals surface area contributed by atoms with Crippen molar-refractivity contribution >= 4 is 17.6 Å². The first-order chi connectivity index (χ1) is 14.3. The number of non-ortho nitro benzene ring substituents is 1. The van der Waals surface area contributed by atoms with Crippen LogP contribution in [0.1, 0.15) is 41.3 Å². The molecule has 0 unspecified atom stereocenters. The SMILES string of the molecule is CC(C)[C@H]1[C@@H]2[C@@H](Cc3ccc([N+](=O)[O-])cc3[C@H]2C(=O)O)CN1C(=O)c1ccccc1. The standard InChI is InChI=1S/C23H24N2O5/c1-13(2)21-19-16(12-24(21)22(26)14-6-4-3-5-7-14)10-15-8-9-17(25(29)30)11-18(15)20(19)23(27)28/h3-9,11,13,16,19-21H,10,12H2,1-2H3,(H,27,28)/t16-,19+,20+,21-/m0/s1. The number of rotatable bonds is 4. The molecule has 4 rings (SSSR count). The van der Waals surface area contributed by atoms with Crippen molar-refractivity contribution in [2.75, 3.05) is 6.54 Å². The predicted molar refractivity (Wildman–Crippen MR) is 110 cm³/mol. The van der Waals surface area contributed by atoms with E-state index in [4.69, 9.17) is 0 Å². The van der Waals surface area contributed by atoms with Gasteiger partial charge in [0.05, 0.1) is 10.8 Å². The molecular formula is C23H24N2O5. The molecular weight excluding hydrogens is 384 g/mol. The topological polar surface area (TPSA) is 101 Å². The smallest absolute Gasteiger partial charge is 0.311 e. The van der Waals surface area contributed by atoms with E-state index in [-0.39, 0.29) is 35.4 Å². The van der Waals surface area contributed by atoms with Crippen LogP contribution in [0.15, 0.2) is 48.5 Å². The first-order valence-electron chi connectivity index (χ1n) is 10.2. The van der Waals surface area contributed by atoms with Gasteiger partial charge in [-0.25, -0.2) is 0 Å². The lowest BCUT2D eigenvalue weighted by molar-refractivity contribution is -0.385. The van der Waals surface area contributed by atoms with E-state index in [1.165, 1.54) is 12.1 Å². The number of carboxylic acids is 1. The fraction of sp³-hybridized carbons (Fsp3) is 0.391. The molecule has 1 saturated heterocycles. The summed E-state index contributed by atoms with van der Waals surface area (Å²) in [6.45, 7) is 4.49. The molecule has 2 aromatic carbocycles. The second-order valence-electron chi connectivity index (χ2n) is 8.56. The number of carbonyl (C=O) groups excluding carboxylic acids is 1. The molecule has 156 valence electrons. The Hall–Kier alpha value is -3.22.